The van der Waals surface area contributed by atoms with Gasteiger partial charge in [-0.1, -0.05) is 12.2 Å². The summed E-state index contributed by atoms with van der Waals surface area (Å²) in [6.07, 6.45) is 11.4. The number of rotatable bonds is 19. The van der Waals surface area contributed by atoms with Gasteiger partial charge in [-0.3, -0.25) is 49.1 Å². The van der Waals surface area contributed by atoms with Crippen LogP contribution in [0.3, 0.4) is 0 Å². The summed E-state index contributed by atoms with van der Waals surface area (Å²) in [6, 6.07) is 8.70. The summed E-state index contributed by atoms with van der Waals surface area (Å²) in [5, 5.41) is 5.54. The largest absolute Gasteiger partial charge is 0.494 e. The molecule has 0 bridgehead atoms. The van der Waals surface area contributed by atoms with Crippen LogP contribution < -0.4 is 31.6 Å². The number of imidazole rings is 2. The van der Waals surface area contributed by atoms with Crippen LogP contribution in [0.15, 0.2) is 85.8 Å². The maximum absolute atomic E-state index is 13.4. The number of aromatic nitrogens is 8. The Bertz CT molecular complexity index is 2890. The van der Waals surface area contributed by atoms with Gasteiger partial charge in [-0.2, -0.15) is 0 Å². The number of nitrogens with zero attached hydrogens (tertiary/aromatic N) is 10. The highest BCUT2D eigenvalue weighted by Gasteiger charge is 2.25. The van der Waals surface area contributed by atoms with Crippen LogP contribution in [0.4, 0.5) is 11.9 Å². The van der Waals surface area contributed by atoms with E-state index < -0.39 is 35.4 Å². The molecule has 6 N–H and O–H groups in total. The van der Waals surface area contributed by atoms with Crippen molar-refractivity contribution in [3.05, 3.63) is 108 Å². The van der Waals surface area contributed by atoms with Gasteiger partial charge in [0.2, 0.25) is 29.6 Å². The Morgan fingerprint density at radius 1 is 0.754 bits per heavy atom. The number of hydrogen-bond acceptors (Lipinski definition) is 15. The molecule has 7 rings (SSSR count). The topological polar surface area (TPSA) is 308 Å². The van der Waals surface area contributed by atoms with E-state index in [0.717, 1.165) is 17.1 Å². The number of benzene rings is 2. The van der Waals surface area contributed by atoms with Crippen molar-refractivity contribution in [3.8, 4) is 11.5 Å². The fraction of sp³-hybridized carbons (Fsp3) is 0.214. The first-order valence-electron chi connectivity index (χ1n) is 19.7. The second-order valence-corrected chi connectivity index (χ2v) is 14.2. The van der Waals surface area contributed by atoms with Crippen LogP contribution in [-0.2, 0) is 27.5 Å². The molecule has 0 radical (unpaired) electrons. The molecule has 0 spiro atoms. The average molecular weight is 885 g/mol. The lowest BCUT2D eigenvalue weighted by atomic mass is 10.1. The highest BCUT2D eigenvalue weighted by Crippen LogP contribution is 2.33. The minimum atomic E-state index is -0.762. The summed E-state index contributed by atoms with van der Waals surface area (Å²) in [4.78, 5) is 115. The van der Waals surface area contributed by atoms with Gasteiger partial charge in [-0.25, -0.2) is 29.9 Å². The van der Waals surface area contributed by atoms with Crippen LogP contribution in [0.1, 0.15) is 54.5 Å². The molecule has 0 unspecified atom stereocenters. The monoisotopic (exact) mass is 884 g/mol. The Hall–Kier alpha value is -8.89. The van der Waals surface area contributed by atoms with Crippen LogP contribution in [0.2, 0.25) is 0 Å². The third-order valence-corrected chi connectivity index (χ3v) is 10.00. The zero-order valence-corrected chi connectivity index (χ0v) is 34.8. The van der Waals surface area contributed by atoms with Gasteiger partial charge in [0.1, 0.15) is 46.6 Å². The molecule has 0 saturated heterocycles. The van der Waals surface area contributed by atoms with Crippen LogP contribution in [-0.4, -0.2) is 124 Å². The van der Waals surface area contributed by atoms with Crippen molar-refractivity contribution in [2.24, 2.45) is 11.5 Å². The van der Waals surface area contributed by atoms with Gasteiger partial charge in [0.15, 0.2) is 0 Å². The molecule has 0 saturated carbocycles. The second-order valence-electron chi connectivity index (χ2n) is 14.2. The number of methoxy groups -OCH3 is 1. The number of hydrogen-bond donors (Lipinski definition) is 4. The fourth-order valence-electron chi connectivity index (χ4n) is 6.76. The van der Waals surface area contributed by atoms with E-state index in [1.165, 1.54) is 73.5 Å². The van der Waals surface area contributed by atoms with Gasteiger partial charge in [0, 0.05) is 75.3 Å². The van der Waals surface area contributed by atoms with E-state index in [-0.39, 0.29) is 96.5 Å². The Morgan fingerprint density at radius 3 is 1.74 bits per heavy atom. The van der Waals surface area contributed by atoms with E-state index in [9.17, 15) is 33.6 Å². The van der Waals surface area contributed by atoms with E-state index in [0.29, 0.717) is 23.0 Å². The first-order valence-corrected chi connectivity index (χ1v) is 19.7. The fourth-order valence-corrected chi connectivity index (χ4v) is 6.76. The quantitative estimate of drug-likeness (QED) is 0.0509. The summed E-state index contributed by atoms with van der Waals surface area (Å²) in [6.45, 7) is 0.389. The summed E-state index contributed by atoms with van der Waals surface area (Å²) in [7, 11) is 3.00. The Kier molecular flexibility index (Phi) is 13.2. The van der Waals surface area contributed by atoms with Gasteiger partial charge >= 0.3 is 0 Å². The van der Waals surface area contributed by atoms with Gasteiger partial charge in [-0.15, -0.1) is 0 Å². The van der Waals surface area contributed by atoms with Crippen molar-refractivity contribution in [3.63, 3.8) is 0 Å². The molecule has 332 valence electrons. The number of primary amides is 2. The Labute approximate surface area is 368 Å². The second kappa shape index (κ2) is 19.4. The summed E-state index contributed by atoms with van der Waals surface area (Å²) in [5.74, 6) is -3.30. The smallest absolute Gasteiger partial charge is 0.276 e. The van der Waals surface area contributed by atoms with Crippen LogP contribution in [0.25, 0.3) is 22.1 Å². The minimum Gasteiger partial charge on any atom is -0.494 e. The van der Waals surface area contributed by atoms with E-state index in [4.69, 9.17) is 20.9 Å². The lowest BCUT2D eigenvalue weighted by molar-refractivity contribution is -0.138. The number of amides is 7. The predicted molar refractivity (Wildman–Crippen MR) is 230 cm³/mol. The molecule has 7 amide bonds. The molecule has 65 heavy (non-hydrogen) atoms. The highest BCUT2D eigenvalue weighted by molar-refractivity contribution is 6.13. The van der Waals surface area contributed by atoms with Gasteiger partial charge < -0.3 is 35.0 Å². The zero-order chi connectivity index (χ0) is 46.2. The molecular weight excluding hydrogens is 845 g/mol. The molecule has 1 aliphatic heterocycles. The zero-order valence-electron chi connectivity index (χ0n) is 34.8. The molecule has 0 aliphatic carbocycles. The van der Waals surface area contributed by atoms with Crippen molar-refractivity contribution in [2.45, 2.75) is 25.9 Å². The standard InChI is InChI=1S/C42H40N14O9/c1-53(32(57)10-16-54-33(58)6-7-34(54)59)13-5-17-65-31-21-25(38(44)61)19-29-36(31)56(42(50-29)52-40(63)27-9-12-46-23-48-27)15-4-3-14-55-35-28(18-24(37(43)60)20-30(35)64-2)49-41(55)51-39(62)26-8-11-45-22-47-26/h3-4,6-9,11-12,18-23H,5,10,13-17H2,1-2H3,(H2,43,60)(H2,44,61)(H,49,51,62)(H,50,52,63)/b4-3+. The normalized spacial score (nSPS) is 12.3. The molecule has 6 aromatic rings. The molecule has 4 aromatic heterocycles. The third kappa shape index (κ3) is 9.93. The summed E-state index contributed by atoms with van der Waals surface area (Å²) < 4.78 is 15.1. The van der Waals surface area contributed by atoms with E-state index in [1.807, 2.05) is 0 Å². The molecule has 0 atom stereocenters. The molecule has 23 heteroatoms. The van der Waals surface area contributed by atoms with E-state index in [1.54, 1.807) is 28.3 Å². The molecule has 1 aliphatic rings. The van der Waals surface area contributed by atoms with Crippen LogP contribution in [0.5, 0.6) is 11.5 Å². The number of nitrogens with one attached hydrogen (secondary N) is 2. The number of carbonyl (C=O) groups excluding carboxylic acids is 7. The maximum atomic E-state index is 13.4. The first kappa shape index (κ1) is 44.2. The lowest BCUT2D eigenvalue weighted by Gasteiger charge is -2.19. The van der Waals surface area contributed by atoms with Gasteiger partial charge in [-0.05, 0) is 42.8 Å². The van der Waals surface area contributed by atoms with Crippen LogP contribution in [0, 0.1) is 0 Å². The number of nitrogens with two attached hydrogens (primary N) is 2. The maximum Gasteiger partial charge on any atom is 0.276 e. The number of anilines is 2. The Morgan fingerprint density at radius 2 is 1.26 bits per heavy atom. The van der Waals surface area contributed by atoms with Crippen molar-refractivity contribution < 1.29 is 43.0 Å². The molecular formula is C42H40N14O9. The van der Waals surface area contributed by atoms with Gasteiger partial charge in [0.05, 0.1) is 24.8 Å². The number of allylic oxidation sites excluding steroid dienone is 2. The molecule has 23 nitrogen and oxygen atoms in total. The Balaban J connectivity index is 1.17. The van der Waals surface area contributed by atoms with Crippen molar-refractivity contribution in [1.29, 1.82) is 0 Å². The third-order valence-electron chi connectivity index (χ3n) is 10.00. The van der Waals surface area contributed by atoms with E-state index >= 15 is 0 Å². The minimum absolute atomic E-state index is 0.0503. The van der Waals surface area contributed by atoms with E-state index in [2.05, 4.69) is 40.5 Å². The first-order chi connectivity index (χ1) is 31.3. The van der Waals surface area contributed by atoms with Crippen molar-refractivity contribution in [2.75, 3.05) is 44.5 Å². The molecule has 0 fully saturated rings. The molecule has 5 heterocycles. The number of ether oxygens (including phenoxy) is 2. The molecule has 2 aromatic carbocycles. The van der Waals surface area contributed by atoms with Crippen LogP contribution >= 0.6 is 0 Å². The van der Waals surface area contributed by atoms with Crippen molar-refractivity contribution >= 4 is 75.3 Å². The lowest BCUT2D eigenvalue weighted by Crippen LogP contribution is -2.36. The number of carbonyl (C=O) groups is 7. The summed E-state index contributed by atoms with van der Waals surface area (Å²) in [5.41, 5.74) is 13.0. The number of fused-ring (bicyclic) bond motifs is 2. The summed E-state index contributed by atoms with van der Waals surface area (Å²) >= 11 is 0. The predicted octanol–water partition coefficient (Wildman–Crippen LogP) is 1.48. The number of imide groups is 1. The average Bonchev–Trinajstić information content (AvgIpc) is 3.95. The van der Waals surface area contributed by atoms with Crippen molar-refractivity contribution in [1.82, 2.24) is 48.8 Å². The SMILES string of the molecule is COc1cc(C(N)=O)cc2nc(NC(=O)c3ccncn3)n(C/C=C/Cn3c(NC(=O)c4ccncn4)nc4cc(C(N)=O)cc(OCCCN(C)C(=O)CCN5C(=O)C=CC5=O)c43)c12. The van der Waals surface area contributed by atoms with Gasteiger partial charge in [0.25, 0.3) is 23.6 Å². The highest BCUT2D eigenvalue weighted by atomic mass is 16.5.